The first-order valence-corrected chi connectivity index (χ1v) is 9.91. The van der Waals surface area contributed by atoms with Gasteiger partial charge in [-0.3, -0.25) is 4.79 Å². The summed E-state index contributed by atoms with van der Waals surface area (Å²) in [5.74, 6) is -3.40. The van der Waals surface area contributed by atoms with E-state index in [1.165, 1.54) is 23.1 Å². The number of amides is 1. The molecule has 0 aliphatic carbocycles. The molecule has 1 amide bonds. The number of carbonyl (C=O) groups excluding carboxylic acids is 1. The van der Waals surface area contributed by atoms with E-state index in [9.17, 15) is 18.0 Å². The van der Waals surface area contributed by atoms with E-state index < -0.39 is 23.4 Å². The van der Waals surface area contributed by atoms with Crippen molar-refractivity contribution in [1.82, 2.24) is 10.2 Å². The SMILES string of the molecule is NCCCNC1CN(C(=O)c2ccc(F)c(F)c2Nc2ccc(I)cc2F)C1. The monoisotopic (exact) mass is 504 g/mol. The molecule has 150 valence electrons. The second-order valence-electron chi connectivity index (χ2n) is 6.54. The molecule has 1 aliphatic rings. The fraction of sp³-hybridized carbons (Fsp3) is 0.316. The molecule has 1 heterocycles. The molecular formula is C19H20F3IN4O. The average Bonchev–Trinajstić information content (AvgIpc) is 2.62. The van der Waals surface area contributed by atoms with Gasteiger partial charge in [0.05, 0.1) is 16.9 Å². The maximum Gasteiger partial charge on any atom is 0.256 e. The lowest BCUT2D eigenvalue weighted by Gasteiger charge is -2.40. The van der Waals surface area contributed by atoms with Crippen molar-refractivity contribution in [3.8, 4) is 0 Å². The summed E-state index contributed by atoms with van der Waals surface area (Å²) in [7, 11) is 0. The van der Waals surface area contributed by atoms with Crippen LogP contribution >= 0.6 is 22.6 Å². The van der Waals surface area contributed by atoms with E-state index in [0.29, 0.717) is 23.2 Å². The van der Waals surface area contributed by atoms with Gasteiger partial charge in [-0.1, -0.05) is 0 Å². The van der Waals surface area contributed by atoms with E-state index in [2.05, 4.69) is 10.6 Å². The molecule has 5 nitrogen and oxygen atoms in total. The number of nitrogens with two attached hydrogens (primary N) is 1. The first kappa shape index (κ1) is 20.9. The minimum Gasteiger partial charge on any atom is -0.350 e. The number of nitrogens with one attached hydrogen (secondary N) is 2. The first-order valence-electron chi connectivity index (χ1n) is 8.83. The molecule has 3 rings (SSSR count). The van der Waals surface area contributed by atoms with Gasteiger partial charge >= 0.3 is 0 Å². The Bertz CT molecular complexity index is 874. The van der Waals surface area contributed by atoms with Gasteiger partial charge in [0.15, 0.2) is 11.6 Å². The standard InChI is InChI=1S/C19H20F3IN4O/c20-14-4-3-13(19(28)27-9-12(10-27)25-7-1-6-24)18(17(14)22)26-16-5-2-11(23)8-15(16)21/h2-5,8,12,25-26H,1,6-7,9-10,24H2. The van der Waals surface area contributed by atoms with Gasteiger partial charge in [-0.2, -0.15) is 0 Å². The summed E-state index contributed by atoms with van der Waals surface area (Å²) in [6, 6.07) is 6.55. The normalized spacial score (nSPS) is 14.1. The molecule has 0 spiro atoms. The summed E-state index contributed by atoms with van der Waals surface area (Å²) < 4.78 is 43.0. The molecule has 9 heteroatoms. The van der Waals surface area contributed by atoms with E-state index in [0.717, 1.165) is 19.0 Å². The fourth-order valence-electron chi connectivity index (χ4n) is 2.93. The van der Waals surface area contributed by atoms with Crippen molar-refractivity contribution >= 4 is 39.9 Å². The maximum atomic E-state index is 14.4. The molecular weight excluding hydrogens is 484 g/mol. The fourth-order valence-corrected chi connectivity index (χ4v) is 3.38. The average molecular weight is 504 g/mol. The maximum absolute atomic E-state index is 14.4. The Morgan fingerprint density at radius 3 is 2.61 bits per heavy atom. The van der Waals surface area contributed by atoms with Crippen molar-refractivity contribution in [2.24, 2.45) is 5.73 Å². The van der Waals surface area contributed by atoms with Crippen molar-refractivity contribution in [3.05, 3.63) is 56.9 Å². The summed E-state index contributed by atoms with van der Waals surface area (Å²) in [4.78, 5) is 14.3. The summed E-state index contributed by atoms with van der Waals surface area (Å²) in [5.41, 5.74) is 4.99. The van der Waals surface area contributed by atoms with E-state index in [1.807, 2.05) is 22.6 Å². The van der Waals surface area contributed by atoms with Gasteiger partial charge in [0.1, 0.15) is 5.82 Å². The number of benzene rings is 2. The van der Waals surface area contributed by atoms with Crippen LogP contribution in [0.15, 0.2) is 30.3 Å². The highest BCUT2D eigenvalue weighted by atomic mass is 127. The van der Waals surface area contributed by atoms with Crippen LogP contribution in [-0.4, -0.2) is 43.0 Å². The van der Waals surface area contributed by atoms with Crippen molar-refractivity contribution in [1.29, 1.82) is 0 Å². The van der Waals surface area contributed by atoms with E-state index >= 15 is 0 Å². The molecule has 1 aliphatic heterocycles. The van der Waals surface area contributed by atoms with Gasteiger partial charge < -0.3 is 21.3 Å². The molecule has 0 unspecified atom stereocenters. The number of anilines is 2. The van der Waals surface area contributed by atoms with Gasteiger partial charge in [0.2, 0.25) is 0 Å². The van der Waals surface area contributed by atoms with Crippen LogP contribution in [0, 0.1) is 21.0 Å². The number of nitrogens with zero attached hydrogens (tertiary/aromatic N) is 1. The lowest BCUT2D eigenvalue weighted by Crippen LogP contribution is -2.60. The molecule has 4 N–H and O–H groups in total. The molecule has 0 aromatic heterocycles. The van der Waals surface area contributed by atoms with Crippen molar-refractivity contribution in [2.75, 3.05) is 31.5 Å². The third-order valence-electron chi connectivity index (χ3n) is 4.50. The predicted octanol–water partition coefficient (Wildman–Crippen LogP) is 3.21. The smallest absolute Gasteiger partial charge is 0.256 e. The highest BCUT2D eigenvalue weighted by Gasteiger charge is 2.33. The van der Waals surface area contributed by atoms with Crippen LogP contribution in [0.5, 0.6) is 0 Å². The minimum absolute atomic E-state index is 0.0381. The zero-order valence-electron chi connectivity index (χ0n) is 14.9. The van der Waals surface area contributed by atoms with E-state index in [-0.39, 0.29) is 23.0 Å². The number of carbonyl (C=O) groups is 1. The Balaban J connectivity index is 1.78. The van der Waals surface area contributed by atoms with Crippen LogP contribution in [0.2, 0.25) is 0 Å². The third-order valence-corrected chi connectivity index (χ3v) is 5.17. The Hall–Kier alpha value is -1.85. The van der Waals surface area contributed by atoms with Crippen molar-refractivity contribution in [2.45, 2.75) is 12.5 Å². The van der Waals surface area contributed by atoms with Gasteiger partial charge in [0, 0.05) is 22.7 Å². The molecule has 0 atom stereocenters. The number of hydrogen-bond donors (Lipinski definition) is 3. The Labute approximate surface area is 174 Å². The van der Waals surface area contributed by atoms with Crippen LogP contribution in [0.25, 0.3) is 0 Å². The van der Waals surface area contributed by atoms with Crippen LogP contribution in [0.3, 0.4) is 0 Å². The van der Waals surface area contributed by atoms with E-state index in [4.69, 9.17) is 5.73 Å². The summed E-state index contributed by atoms with van der Waals surface area (Å²) in [6.07, 6.45) is 0.837. The highest BCUT2D eigenvalue weighted by molar-refractivity contribution is 14.1. The van der Waals surface area contributed by atoms with Crippen molar-refractivity contribution < 1.29 is 18.0 Å². The molecule has 2 aromatic rings. The first-order chi connectivity index (χ1) is 13.4. The minimum atomic E-state index is -1.22. The molecule has 1 saturated heterocycles. The van der Waals surface area contributed by atoms with Gasteiger partial charge in [-0.05, 0) is 72.4 Å². The quantitative estimate of drug-likeness (QED) is 0.400. The summed E-state index contributed by atoms with van der Waals surface area (Å²) in [5, 5.41) is 5.81. The van der Waals surface area contributed by atoms with Crippen LogP contribution in [-0.2, 0) is 0 Å². The Morgan fingerprint density at radius 2 is 1.93 bits per heavy atom. The number of likely N-dealkylation sites (tertiary alicyclic amines) is 1. The largest absolute Gasteiger partial charge is 0.350 e. The predicted molar refractivity (Wildman–Crippen MR) is 110 cm³/mol. The van der Waals surface area contributed by atoms with Crippen LogP contribution < -0.4 is 16.4 Å². The molecule has 0 bridgehead atoms. The topological polar surface area (TPSA) is 70.4 Å². The number of halogens is 4. The zero-order chi connectivity index (χ0) is 20.3. The molecule has 1 fully saturated rings. The number of rotatable bonds is 7. The van der Waals surface area contributed by atoms with Crippen molar-refractivity contribution in [3.63, 3.8) is 0 Å². The second-order valence-corrected chi connectivity index (χ2v) is 7.78. The van der Waals surface area contributed by atoms with Gasteiger partial charge in [-0.15, -0.1) is 0 Å². The molecule has 0 radical (unpaired) electrons. The lowest BCUT2D eigenvalue weighted by molar-refractivity contribution is 0.0568. The summed E-state index contributed by atoms with van der Waals surface area (Å²) in [6.45, 7) is 2.26. The molecule has 2 aromatic carbocycles. The second kappa shape index (κ2) is 9.10. The number of hydrogen-bond acceptors (Lipinski definition) is 4. The van der Waals surface area contributed by atoms with E-state index in [1.54, 1.807) is 6.07 Å². The third kappa shape index (κ3) is 4.58. The molecule has 28 heavy (non-hydrogen) atoms. The molecule has 0 saturated carbocycles. The highest BCUT2D eigenvalue weighted by Crippen LogP contribution is 2.30. The van der Waals surface area contributed by atoms with Gasteiger partial charge in [-0.25, -0.2) is 13.2 Å². The zero-order valence-corrected chi connectivity index (χ0v) is 17.1. The lowest BCUT2D eigenvalue weighted by atomic mass is 10.0. The van der Waals surface area contributed by atoms with Crippen LogP contribution in [0.4, 0.5) is 24.5 Å². The Kier molecular flexibility index (Phi) is 6.78. The summed E-state index contributed by atoms with van der Waals surface area (Å²) >= 11 is 1.94. The Morgan fingerprint density at radius 1 is 1.18 bits per heavy atom. The van der Waals surface area contributed by atoms with Crippen LogP contribution in [0.1, 0.15) is 16.8 Å². The van der Waals surface area contributed by atoms with Gasteiger partial charge in [0.25, 0.3) is 5.91 Å².